The van der Waals surface area contributed by atoms with Crippen LogP contribution in [0.1, 0.15) is 6.92 Å². The van der Waals surface area contributed by atoms with Gasteiger partial charge in [0.05, 0.1) is 6.61 Å². The first-order valence-corrected chi connectivity index (χ1v) is 5.89. The molecule has 1 rings (SSSR count). The Morgan fingerprint density at radius 2 is 2.00 bits per heavy atom. The number of hydrogen-bond donors (Lipinski definition) is 0. The second-order valence-corrected chi connectivity index (χ2v) is 4.17. The molecule has 0 saturated carbocycles. The minimum atomic E-state index is -4.97. The molecule has 1 aromatic rings. The molecular weight excluding hydrogens is 261 g/mol. The molecule has 0 heterocycles. The summed E-state index contributed by atoms with van der Waals surface area (Å²) in [6.07, 6.45) is 0. The second kappa shape index (κ2) is 5.26. The van der Waals surface area contributed by atoms with Crippen LogP contribution in [0.3, 0.4) is 0 Å². The minimum Gasteiger partial charge on any atom is -0.492 e. The molecule has 0 aliphatic carbocycles. The average molecular weight is 270 g/mol. The minimum absolute atomic E-state index is 0.0562. The lowest BCUT2D eigenvalue weighted by atomic mass is 10.3. The van der Waals surface area contributed by atoms with Crippen molar-refractivity contribution in [3.63, 3.8) is 0 Å². The van der Waals surface area contributed by atoms with Gasteiger partial charge in [0, 0.05) is 6.07 Å². The number of benzene rings is 1. The fourth-order valence-corrected chi connectivity index (χ4v) is 1.72. The van der Waals surface area contributed by atoms with Gasteiger partial charge in [0.15, 0.2) is 0 Å². The van der Waals surface area contributed by atoms with Gasteiger partial charge in [-0.05, 0) is 19.1 Å². The van der Waals surface area contributed by atoms with Crippen LogP contribution in [0.5, 0.6) is 11.5 Å². The molecule has 0 amide bonds. The van der Waals surface area contributed by atoms with Gasteiger partial charge in [-0.3, -0.25) is 0 Å². The van der Waals surface area contributed by atoms with Crippen molar-refractivity contribution in [3.8, 4) is 11.5 Å². The van der Waals surface area contributed by atoms with Crippen molar-refractivity contribution in [1.82, 2.24) is 0 Å². The molecule has 0 fully saturated rings. The zero-order chi connectivity index (χ0) is 13.1. The molecule has 0 aliphatic heterocycles. The van der Waals surface area contributed by atoms with Crippen molar-refractivity contribution in [1.29, 1.82) is 0 Å². The summed E-state index contributed by atoms with van der Waals surface area (Å²) in [6.45, 7) is -1.46. The van der Waals surface area contributed by atoms with Crippen LogP contribution in [0.2, 0.25) is 0 Å². The van der Waals surface area contributed by atoms with Gasteiger partial charge >= 0.3 is 16.8 Å². The molecule has 0 radical (unpaired) electrons. The van der Waals surface area contributed by atoms with E-state index < -0.39 is 21.7 Å². The number of hydrogen-bond acceptors (Lipinski definition) is 4. The van der Waals surface area contributed by atoms with Gasteiger partial charge < -0.3 is 9.47 Å². The Balaban J connectivity index is 3.17. The summed E-state index contributed by atoms with van der Waals surface area (Å²) < 4.78 is 67.0. The number of halogens is 3. The molecule has 4 nitrogen and oxygen atoms in total. The third kappa shape index (κ3) is 3.81. The molecule has 17 heavy (non-hydrogen) atoms. The van der Waals surface area contributed by atoms with E-state index in [0.717, 1.165) is 18.2 Å². The predicted octanol–water partition coefficient (Wildman–Crippen LogP) is 2.34. The van der Waals surface area contributed by atoms with Crippen LogP contribution in [0.25, 0.3) is 0 Å². The molecule has 8 heteroatoms. The summed E-state index contributed by atoms with van der Waals surface area (Å²) in [7, 11) is -4.97. The fourth-order valence-electron chi connectivity index (χ4n) is 1.13. The van der Waals surface area contributed by atoms with Gasteiger partial charge in [-0.25, -0.2) is 0 Å². The van der Waals surface area contributed by atoms with Crippen molar-refractivity contribution in [2.45, 2.75) is 18.4 Å². The molecular formula is C9H9F3O4S. The van der Waals surface area contributed by atoms with Crippen LogP contribution in [-0.2, 0) is 10.2 Å². The van der Waals surface area contributed by atoms with Crippen molar-refractivity contribution in [2.24, 2.45) is 0 Å². The zero-order valence-corrected chi connectivity index (χ0v) is 9.51. The van der Waals surface area contributed by atoms with Crippen molar-refractivity contribution in [3.05, 3.63) is 18.2 Å². The van der Waals surface area contributed by atoms with Gasteiger partial charge in [-0.15, -0.1) is 3.89 Å². The molecule has 0 atom stereocenters. The Labute approximate surface area is 96.2 Å². The Kier molecular flexibility index (Phi) is 4.22. The highest BCUT2D eigenvalue weighted by atomic mass is 32.3. The highest BCUT2D eigenvalue weighted by molar-refractivity contribution is 7.86. The molecule has 0 aromatic heterocycles. The summed E-state index contributed by atoms with van der Waals surface area (Å²) in [5.41, 5.74) is 0. The van der Waals surface area contributed by atoms with Crippen LogP contribution in [0.15, 0.2) is 23.1 Å². The van der Waals surface area contributed by atoms with Crippen molar-refractivity contribution < 1.29 is 30.6 Å². The molecule has 96 valence electrons. The highest BCUT2D eigenvalue weighted by Gasteiger charge is 2.20. The van der Waals surface area contributed by atoms with E-state index in [-0.39, 0.29) is 18.1 Å². The maximum Gasteiger partial charge on any atom is 0.387 e. The quantitative estimate of drug-likeness (QED) is 0.771. The first kappa shape index (κ1) is 13.6. The van der Waals surface area contributed by atoms with Gasteiger partial charge in [0.2, 0.25) is 0 Å². The third-order valence-electron chi connectivity index (χ3n) is 1.70. The van der Waals surface area contributed by atoms with E-state index in [2.05, 4.69) is 4.74 Å². The van der Waals surface area contributed by atoms with Gasteiger partial charge in [0.25, 0.3) is 0 Å². The van der Waals surface area contributed by atoms with E-state index in [9.17, 15) is 21.1 Å². The summed E-state index contributed by atoms with van der Waals surface area (Å²) in [6, 6.07) is 2.61. The normalized spacial score (nSPS) is 11.6. The molecule has 0 aliphatic rings. The molecule has 0 unspecified atom stereocenters. The van der Waals surface area contributed by atoms with Gasteiger partial charge in [0.1, 0.15) is 16.4 Å². The number of alkyl halides is 2. The van der Waals surface area contributed by atoms with Crippen molar-refractivity contribution >= 4 is 10.2 Å². The van der Waals surface area contributed by atoms with E-state index in [1.807, 2.05) is 0 Å². The van der Waals surface area contributed by atoms with E-state index in [0.29, 0.717) is 0 Å². The number of ether oxygens (including phenoxy) is 2. The maximum absolute atomic E-state index is 12.8. The first-order valence-electron chi connectivity index (χ1n) is 4.51. The Morgan fingerprint density at radius 3 is 2.47 bits per heavy atom. The molecule has 0 bridgehead atoms. The fraction of sp³-hybridized carbons (Fsp3) is 0.333. The number of rotatable bonds is 5. The topological polar surface area (TPSA) is 52.6 Å². The zero-order valence-electron chi connectivity index (χ0n) is 8.69. The van der Waals surface area contributed by atoms with Gasteiger partial charge in [-0.1, -0.05) is 0 Å². The van der Waals surface area contributed by atoms with E-state index in [1.165, 1.54) is 6.92 Å². The lowest BCUT2D eigenvalue weighted by Gasteiger charge is -2.10. The molecule has 0 N–H and O–H groups in total. The lowest BCUT2D eigenvalue weighted by molar-refractivity contribution is -0.0499. The van der Waals surface area contributed by atoms with Crippen LogP contribution in [-0.4, -0.2) is 21.6 Å². The van der Waals surface area contributed by atoms with Crippen LogP contribution in [0, 0.1) is 0 Å². The van der Waals surface area contributed by atoms with E-state index in [1.54, 1.807) is 0 Å². The Hall–Kier alpha value is -1.44. The van der Waals surface area contributed by atoms with Crippen LogP contribution in [0.4, 0.5) is 12.7 Å². The van der Waals surface area contributed by atoms with Crippen LogP contribution >= 0.6 is 0 Å². The monoisotopic (exact) mass is 270 g/mol. The standard InChI is InChI=1S/C9H9F3O4S/c1-2-15-7-5-6(16-9(10)11)3-4-8(7)17(12,13)14/h3-5,9H,2H2,1H3. The maximum atomic E-state index is 12.8. The Morgan fingerprint density at radius 1 is 1.35 bits per heavy atom. The molecule has 1 aromatic carbocycles. The van der Waals surface area contributed by atoms with E-state index >= 15 is 0 Å². The summed E-state index contributed by atoms with van der Waals surface area (Å²) in [4.78, 5) is -0.721. The first-order chi connectivity index (χ1) is 7.84. The molecule has 0 spiro atoms. The van der Waals surface area contributed by atoms with E-state index in [4.69, 9.17) is 4.74 Å². The Bertz CT molecular complexity index is 487. The summed E-state index contributed by atoms with van der Waals surface area (Å²) in [5.74, 6) is -0.677. The summed E-state index contributed by atoms with van der Waals surface area (Å²) in [5, 5.41) is 0. The predicted molar refractivity (Wildman–Crippen MR) is 52.5 cm³/mol. The SMILES string of the molecule is CCOc1cc(OC(F)F)ccc1S(=O)(=O)F. The van der Waals surface area contributed by atoms with Crippen LogP contribution < -0.4 is 9.47 Å². The average Bonchev–Trinajstić information content (AvgIpc) is 2.15. The largest absolute Gasteiger partial charge is 0.492 e. The van der Waals surface area contributed by atoms with Crippen molar-refractivity contribution in [2.75, 3.05) is 6.61 Å². The van der Waals surface area contributed by atoms with Gasteiger partial charge in [-0.2, -0.15) is 17.2 Å². The molecule has 0 saturated heterocycles. The highest BCUT2D eigenvalue weighted by Crippen LogP contribution is 2.30. The second-order valence-electron chi connectivity index (χ2n) is 2.86. The third-order valence-corrected chi connectivity index (χ3v) is 2.57. The lowest BCUT2D eigenvalue weighted by Crippen LogP contribution is -2.04. The summed E-state index contributed by atoms with van der Waals surface area (Å²) >= 11 is 0. The smallest absolute Gasteiger partial charge is 0.387 e.